The summed E-state index contributed by atoms with van der Waals surface area (Å²) in [6.07, 6.45) is 1.05. The molecule has 16 heavy (non-hydrogen) atoms. The number of nitrogens with zero attached hydrogens (tertiary/aromatic N) is 2. The molecule has 3 heteroatoms. The van der Waals surface area contributed by atoms with Gasteiger partial charge in [-0.25, -0.2) is 4.98 Å². The molecular formula is C13H14N2O. The summed E-state index contributed by atoms with van der Waals surface area (Å²) in [5.41, 5.74) is 4.31. The standard InChI is InChI=1S/C13H14N2O/c1-8-9-6-7-15(2)13(9)10-4-3-5-11(16)12(10)14-8/h3-5,16H,6-7H2,1-2H3. The fraction of sp³-hybridized carbons (Fsp3) is 0.308. The van der Waals surface area contributed by atoms with E-state index in [0.717, 1.165) is 24.0 Å². The van der Waals surface area contributed by atoms with Crippen molar-refractivity contribution in [3.8, 4) is 5.75 Å². The summed E-state index contributed by atoms with van der Waals surface area (Å²) < 4.78 is 0. The van der Waals surface area contributed by atoms with E-state index in [2.05, 4.69) is 16.9 Å². The van der Waals surface area contributed by atoms with Crippen molar-refractivity contribution >= 4 is 16.6 Å². The Morgan fingerprint density at radius 1 is 1.38 bits per heavy atom. The van der Waals surface area contributed by atoms with Crippen LogP contribution in [0.1, 0.15) is 11.3 Å². The van der Waals surface area contributed by atoms with Gasteiger partial charge in [0.2, 0.25) is 0 Å². The molecule has 0 radical (unpaired) electrons. The Kier molecular flexibility index (Phi) is 1.84. The fourth-order valence-electron chi connectivity index (χ4n) is 2.54. The maximum Gasteiger partial charge on any atom is 0.141 e. The molecule has 1 aromatic carbocycles. The lowest BCUT2D eigenvalue weighted by molar-refractivity contribution is 0.480. The van der Waals surface area contributed by atoms with Gasteiger partial charge in [0, 0.05) is 24.7 Å². The van der Waals surface area contributed by atoms with Crippen LogP contribution in [-0.2, 0) is 6.42 Å². The van der Waals surface area contributed by atoms with Crippen molar-refractivity contribution in [2.24, 2.45) is 0 Å². The molecular weight excluding hydrogens is 200 g/mol. The number of phenolic OH excluding ortho intramolecular Hbond substituents is 1. The molecule has 0 aliphatic carbocycles. The zero-order valence-corrected chi connectivity index (χ0v) is 9.49. The molecule has 2 heterocycles. The number of likely N-dealkylation sites (N-methyl/N-ethyl adjacent to an activating group) is 1. The van der Waals surface area contributed by atoms with E-state index < -0.39 is 0 Å². The molecule has 0 bridgehead atoms. The first-order valence-electron chi connectivity index (χ1n) is 5.51. The lowest BCUT2D eigenvalue weighted by Gasteiger charge is -2.15. The van der Waals surface area contributed by atoms with Crippen LogP contribution in [0, 0.1) is 6.92 Å². The average molecular weight is 214 g/mol. The number of aromatic hydroxyl groups is 1. The number of pyridine rings is 1. The van der Waals surface area contributed by atoms with E-state index in [4.69, 9.17) is 0 Å². The molecule has 0 unspecified atom stereocenters. The molecule has 3 rings (SSSR count). The highest BCUT2D eigenvalue weighted by molar-refractivity contribution is 5.97. The van der Waals surface area contributed by atoms with E-state index in [-0.39, 0.29) is 5.75 Å². The van der Waals surface area contributed by atoms with Gasteiger partial charge >= 0.3 is 0 Å². The fourth-order valence-corrected chi connectivity index (χ4v) is 2.54. The zero-order chi connectivity index (χ0) is 11.3. The van der Waals surface area contributed by atoms with Crippen LogP contribution in [0.4, 0.5) is 5.69 Å². The predicted molar refractivity (Wildman–Crippen MR) is 65.1 cm³/mol. The second kappa shape index (κ2) is 3.11. The van der Waals surface area contributed by atoms with Crippen molar-refractivity contribution in [1.82, 2.24) is 4.98 Å². The summed E-state index contributed by atoms with van der Waals surface area (Å²) in [7, 11) is 2.09. The molecule has 1 aliphatic heterocycles. The van der Waals surface area contributed by atoms with E-state index in [9.17, 15) is 5.11 Å². The number of phenols is 1. The van der Waals surface area contributed by atoms with Crippen LogP contribution in [0.2, 0.25) is 0 Å². The van der Waals surface area contributed by atoms with E-state index in [1.54, 1.807) is 6.07 Å². The SMILES string of the molecule is Cc1nc2c(O)cccc2c2c1CCN2C. The molecule has 0 saturated heterocycles. The van der Waals surface area contributed by atoms with Crippen molar-refractivity contribution in [2.75, 3.05) is 18.5 Å². The quantitative estimate of drug-likeness (QED) is 0.730. The Labute approximate surface area is 94.3 Å². The minimum absolute atomic E-state index is 0.267. The second-order valence-corrected chi connectivity index (χ2v) is 4.37. The summed E-state index contributed by atoms with van der Waals surface area (Å²) in [4.78, 5) is 6.75. The minimum Gasteiger partial charge on any atom is -0.506 e. The third-order valence-electron chi connectivity index (χ3n) is 3.35. The molecule has 82 valence electrons. The summed E-state index contributed by atoms with van der Waals surface area (Å²) >= 11 is 0. The summed E-state index contributed by atoms with van der Waals surface area (Å²) in [6, 6.07) is 5.60. The molecule has 3 nitrogen and oxygen atoms in total. The predicted octanol–water partition coefficient (Wildman–Crippen LogP) is 2.24. The molecule has 1 aliphatic rings. The highest BCUT2D eigenvalue weighted by Crippen LogP contribution is 2.38. The van der Waals surface area contributed by atoms with Crippen LogP contribution >= 0.6 is 0 Å². The minimum atomic E-state index is 0.267. The number of hydrogen-bond acceptors (Lipinski definition) is 3. The summed E-state index contributed by atoms with van der Waals surface area (Å²) in [6.45, 7) is 3.05. The number of rotatable bonds is 0. The topological polar surface area (TPSA) is 36.4 Å². The highest BCUT2D eigenvalue weighted by atomic mass is 16.3. The third kappa shape index (κ3) is 1.11. The monoisotopic (exact) mass is 214 g/mol. The van der Waals surface area contributed by atoms with E-state index in [1.807, 2.05) is 19.1 Å². The number of anilines is 1. The van der Waals surface area contributed by atoms with Crippen LogP contribution in [0.25, 0.3) is 10.9 Å². The maximum absolute atomic E-state index is 9.83. The number of para-hydroxylation sites is 1. The Morgan fingerprint density at radius 2 is 2.19 bits per heavy atom. The number of benzene rings is 1. The van der Waals surface area contributed by atoms with E-state index in [0.29, 0.717) is 5.52 Å². The smallest absolute Gasteiger partial charge is 0.141 e. The van der Waals surface area contributed by atoms with Gasteiger partial charge in [0.05, 0.1) is 5.69 Å². The van der Waals surface area contributed by atoms with Crippen LogP contribution in [0.15, 0.2) is 18.2 Å². The Hall–Kier alpha value is -1.77. The van der Waals surface area contributed by atoms with Gasteiger partial charge in [-0.3, -0.25) is 0 Å². The lowest BCUT2D eigenvalue weighted by atomic mass is 10.1. The first kappa shape index (κ1) is 9.46. The largest absolute Gasteiger partial charge is 0.506 e. The first-order valence-corrected chi connectivity index (χ1v) is 5.51. The van der Waals surface area contributed by atoms with E-state index >= 15 is 0 Å². The van der Waals surface area contributed by atoms with Gasteiger partial charge in [0.25, 0.3) is 0 Å². The number of aromatic nitrogens is 1. The van der Waals surface area contributed by atoms with Gasteiger partial charge in [0.1, 0.15) is 11.3 Å². The van der Waals surface area contributed by atoms with Gasteiger partial charge in [0.15, 0.2) is 0 Å². The lowest BCUT2D eigenvalue weighted by Crippen LogP contribution is -2.12. The normalized spacial score (nSPS) is 14.5. The molecule has 0 fully saturated rings. The average Bonchev–Trinajstić information content (AvgIpc) is 2.64. The van der Waals surface area contributed by atoms with Crippen LogP contribution in [-0.4, -0.2) is 23.7 Å². The van der Waals surface area contributed by atoms with Crippen molar-refractivity contribution < 1.29 is 5.11 Å². The number of fused-ring (bicyclic) bond motifs is 3. The van der Waals surface area contributed by atoms with Gasteiger partial charge in [-0.05, 0) is 25.0 Å². The molecule has 0 spiro atoms. The Morgan fingerprint density at radius 3 is 3.00 bits per heavy atom. The molecule has 0 atom stereocenters. The molecule has 0 saturated carbocycles. The van der Waals surface area contributed by atoms with E-state index in [1.165, 1.54) is 11.3 Å². The van der Waals surface area contributed by atoms with Gasteiger partial charge in [-0.15, -0.1) is 0 Å². The summed E-state index contributed by atoms with van der Waals surface area (Å²) in [5.74, 6) is 0.267. The van der Waals surface area contributed by atoms with Crippen molar-refractivity contribution in [2.45, 2.75) is 13.3 Å². The van der Waals surface area contributed by atoms with Gasteiger partial charge in [-0.2, -0.15) is 0 Å². The number of aryl methyl sites for hydroxylation is 1. The zero-order valence-electron chi connectivity index (χ0n) is 9.49. The van der Waals surface area contributed by atoms with Crippen molar-refractivity contribution in [3.05, 3.63) is 29.5 Å². The number of hydrogen-bond donors (Lipinski definition) is 1. The Bertz CT molecular complexity index is 578. The highest BCUT2D eigenvalue weighted by Gasteiger charge is 2.22. The van der Waals surface area contributed by atoms with Gasteiger partial charge < -0.3 is 10.0 Å². The van der Waals surface area contributed by atoms with Crippen molar-refractivity contribution in [3.63, 3.8) is 0 Å². The molecule has 1 N–H and O–H groups in total. The first-order chi connectivity index (χ1) is 7.68. The molecule has 1 aromatic heterocycles. The molecule has 0 amide bonds. The van der Waals surface area contributed by atoms with Crippen LogP contribution in [0.3, 0.4) is 0 Å². The second-order valence-electron chi connectivity index (χ2n) is 4.37. The van der Waals surface area contributed by atoms with Gasteiger partial charge in [-0.1, -0.05) is 12.1 Å². The third-order valence-corrected chi connectivity index (χ3v) is 3.35. The summed E-state index contributed by atoms with van der Waals surface area (Å²) in [5, 5.41) is 10.9. The van der Waals surface area contributed by atoms with Crippen LogP contribution < -0.4 is 4.90 Å². The Balaban J connectivity index is 2.48. The maximum atomic E-state index is 9.83. The van der Waals surface area contributed by atoms with Crippen molar-refractivity contribution in [1.29, 1.82) is 0 Å². The van der Waals surface area contributed by atoms with Crippen LogP contribution in [0.5, 0.6) is 5.75 Å². The molecule has 2 aromatic rings.